The lowest BCUT2D eigenvalue weighted by Crippen LogP contribution is -2.40. The molecule has 2 aliphatic heterocycles. The highest BCUT2D eigenvalue weighted by atomic mass is 79.9. The molecule has 6 heteroatoms. The van der Waals surface area contributed by atoms with Crippen molar-refractivity contribution in [3.05, 3.63) is 34.9 Å². The zero-order chi connectivity index (χ0) is 15.4. The first-order chi connectivity index (χ1) is 10.6. The molecule has 2 aliphatic rings. The Bertz CT molecular complexity index is 784. The fraction of sp³-hybridized carbons (Fsp3) is 0.375. The molecule has 0 radical (unpaired) electrons. The van der Waals surface area contributed by atoms with Gasteiger partial charge in [-0.3, -0.25) is 14.2 Å². The highest BCUT2D eigenvalue weighted by molar-refractivity contribution is 9.10. The number of aromatic nitrogens is 1. The summed E-state index contributed by atoms with van der Waals surface area (Å²) in [4.78, 5) is 24.5. The van der Waals surface area contributed by atoms with E-state index in [1.807, 2.05) is 24.3 Å². The normalized spacial score (nSPS) is 30.0. The lowest BCUT2D eigenvalue weighted by Gasteiger charge is -2.24. The molecule has 4 rings (SSSR count). The monoisotopic (exact) mass is 363 g/mol. The van der Waals surface area contributed by atoms with Gasteiger partial charge in [-0.05, 0) is 37.1 Å². The summed E-state index contributed by atoms with van der Waals surface area (Å²) in [7, 11) is 0. The minimum Gasteiger partial charge on any atom is -0.481 e. The van der Waals surface area contributed by atoms with Crippen LogP contribution in [0.5, 0.6) is 0 Å². The molecule has 0 spiro atoms. The Balaban J connectivity index is 1.75. The van der Waals surface area contributed by atoms with Crippen molar-refractivity contribution in [3.8, 4) is 0 Å². The maximum Gasteiger partial charge on any atom is 0.310 e. The van der Waals surface area contributed by atoms with Crippen molar-refractivity contribution in [3.63, 3.8) is 0 Å². The molecule has 1 aromatic carbocycles. The summed E-state index contributed by atoms with van der Waals surface area (Å²) in [5.74, 6) is -2.46. The number of nitrogens with zero attached hydrogens (tertiary/aromatic N) is 1. The Labute approximate surface area is 135 Å². The summed E-state index contributed by atoms with van der Waals surface area (Å²) >= 11 is 3.41. The van der Waals surface area contributed by atoms with Crippen molar-refractivity contribution >= 4 is 38.7 Å². The van der Waals surface area contributed by atoms with Gasteiger partial charge in [0.25, 0.3) is 0 Å². The van der Waals surface area contributed by atoms with Crippen LogP contribution in [-0.4, -0.2) is 33.8 Å². The van der Waals surface area contributed by atoms with Crippen LogP contribution in [0.25, 0.3) is 10.9 Å². The summed E-state index contributed by atoms with van der Waals surface area (Å²) in [5, 5.41) is 10.4. The van der Waals surface area contributed by atoms with Gasteiger partial charge in [0.05, 0.1) is 29.6 Å². The van der Waals surface area contributed by atoms with Crippen LogP contribution >= 0.6 is 15.9 Å². The SMILES string of the molecule is O=C(O)[C@@H]1[C@H](C(=O)n2ccc3cc(Br)ccc32)[C@H]2CC[C@@H]1O2. The summed E-state index contributed by atoms with van der Waals surface area (Å²) < 4.78 is 8.19. The van der Waals surface area contributed by atoms with Crippen LogP contribution in [0.3, 0.4) is 0 Å². The molecular weight excluding hydrogens is 350 g/mol. The van der Waals surface area contributed by atoms with Gasteiger partial charge < -0.3 is 9.84 Å². The third kappa shape index (κ3) is 1.94. The van der Waals surface area contributed by atoms with Gasteiger partial charge in [-0.15, -0.1) is 0 Å². The van der Waals surface area contributed by atoms with Crippen molar-refractivity contribution < 1.29 is 19.4 Å². The Hall–Kier alpha value is -1.66. The van der Waals surface area contributed by atoms with E-state index in [0.29, 0.717) is 0 Å². The van der Waals surface area contributed by atoms with Crippen molar-refractivity contribution in [2.45, 2.75) is 25.0 Å². The zero-order valence-electron chi connectivity index (χ0n) is 11.6. The van der Waals surface area contributed by atoms with Crippen LogP contribution in [0.4, 0.5) is 0 Å². The standard InChI is InChI=1S/C16H14BrNO4/c17-9-1-2-10-8(7-9)5-6-18(10)15(19)13-11-3-4-12(22-11)14(13)16(20)21/h1-2,5-7,11-14H,3-4H2,(H,20,21)/t11-,12+,13-,14+/m1/s1. The second kappa shape index (κ2) is 4.93. The minimum atomic E-state index is -0.940. The number of aliphatic carboxylic acids is 1. The zero-order valence-corrected chi connectivity index (χ0v) is 13.2. The molecule has 5 nitrogen and oxygen atoms in total. The highest BCUT2D eigenvalue weighted by Gasteiger charge is 2.55. The Morgan fingerprint density at radius 2 is 1.91 bits per heavy atom. The van der Waals surface area contributed by atoms with E-state index in [1.54, 1.807) is 10.8 Å². The number of rotatable bonds is 2. The largest absolute Gasteiger partial charge is 0.481 e. The number of carboxylic acid groups (broad SMARTS) is 1. The quantitative estimate of drug-likeness (QED) is 0.890. The number of ether oxygens (including phenoxy) is 1. The second-order valence-corrected chi connectivity index (χ2v) is 6.82. The predicted molar refractivity (Wildman–Crippen MR) is 82.8 cm³/mol. The van der Waals surface area contributed by atoms with Gasteiger partial charge in [-0.25, -0.2) is 0 Å². The molecule has 114 valence electrons. The van der Waals surface area contributed by atoms with Gasteiger partial charge in [0, 0.05) is 16.1 Å². The van der Waals surface area contributed by atoms with E-state index in [-0.39, 0.29) is 18.1 Å². The van der Waals surface area contributed by atoms with Gasteiger partial charge in [-0.2, -0.15) is 0 Å². The summed E-state index contributed by atoms with van der Waals surface area (Å²) in [6, 6.07) is 7.53. The fourth-order valence-electron chi connectivity index (χ4n) is 3.77. The first-order valence-electron chi connectivity index (χ1n) is 7.25. The van der Waals surface area contributed by atoms with Crippen molar-refractivity contribution in [1.82, 2.24) is 4.57 Å². The third-order valence-electron chi connectivity index (χ3n) is 4.73. The number of benzene rings is 1. The summed E-state index contributed by atoms with van der Waals surface area (Å²) in [5.41, 5.74) is 0.792. The fourth-order valence-corrected chi connectivity index (χ4v) is 4.15. The van der Waals surface area contributed by atoms with E-state index in [1.165, 1.54) is 0 Å². The lowest BCUT2D eigenvalue weighted by atomic mass is 9.78. The number of fused-ring (bicyclic) bond motifs is 3. The van der Waals surface area contributed by atoms with Crippen LogP contribution in [0.2, 0.25) is 0 Å². The van der Waals surface area contributed by atoms with Crippen LogP contribution in [0.1, 0.15) is 17.6 Å². The van der Waals surface area contributed by atoms with E-state index in [0.717, 1.165) is 28.2 Å². The van der Waals surface area contributed by atoms with Gasteiger partial charge in [-0.1, -0.05) is 15.9 Å². The molecule has 2 aromatic rings. The third-order valence-corrected chi connectivity index (χ3v) is 5.23. The number of halogens is 1. The van der Waals surface area contributed by atoms with Crippen molar-refractivity contribution in [2.75, 3.05) is 0 Å². The number of hydrogen-bond donors (Lipinski definition) is 1. The van der Waals surface area contributed by atoms with E-state index in [9.17, 15) is 14.7 Å². The number of carbonyl (C=O) groups is 2. The first-order valence-corrected chi connectivity index (χ1v) is 8.04. The van der Waals surface area contributed by atoms with Gasteiger partial charge >= 0.3 is 5.97 Å². The second-order valence-electron chi connectivity index (χ2n) is 5.91. The molecule has 2 fully saturated rings. The maximum atomic E-state index is 12.9. The minimum absolute atomic E-state index is 0.183. The predicted octanol–water partition coefficient (Wildman–Crippen LogP) is 2.92. The van der Waals surface area contributed by atoms with Gasteiger partial charge in [0.1, 0.15) is 0 Å². The molecule has 0 saturated carbocycles. The van der Waals surface area contributed by atoms with Crippen molar-refractivity contribution in [1.29, 1.82) is 0 Å². The Morgan fingerprint density at radius 3 is 2.64 bits per heavy atom. The molecule has 1 aromatic heterocycles. The highest BCUT2D eigenvalue weighted by Crippen LogP contribution is 2.44. The smallest absolute Gasteiger partial charge is 0.310 e. The molecule has 1 N–H and O–H groups in total. The lowest BCUT2D eigenvalue weighted by molar-refractivity contribution is -0.144. The van der Waals surface area contributed by atoms with E-state index in [4.69, 9.17) is 4.74 Å². The topological polar surface area (TPSA) is 68.5 Å². The molecule has 2 bridgehead atoms. The van der Waals surface area contributed by atoms with E-state index >= 15 is 0 Å². The van der Waals surface area contributed by atoms with Crippen LogP contribution in [0, 0.1) is 11.8 Å². The molecule has 0 aliphatic carbocycles. The molecule has 0 unspecified atom stereocenters. The van der Waals surface area contributed by atoms with Gasteiger partial charge in [0.15, 0.2) is 0 Å². The van der Waals surface area contributed by atoms with Crippen LogP contribution < -0.4 is 0 Å². The first kappa shape index (κ1) is 14.0. The van der Waals surface area contributed by atoms with Crippen LogP contribution in [-0.2, 0) is 9.53 Å². The van der Waals surface area contributed by atoms with Crippen molar-refractivity contribution in [2.24, 2.45) is 11.8 Å². The Morgan fingerprint density at radius 1 is 1.18 bits per heavy atom. The molecular formula is C16H14BrNO4. The molecule has 2 saturated heterocycles. The molecule has 4 atom stereocenters. The van der Waals surface area contributed by atoms with Crippen LogP contribution in [0.15, 0.2) is 34.9 Å². The van der Waals surface area contributed by atoms with E-state index in [2.05, 4.69) is 15.9 Å². The number of carbonyl (C=O) groups excluding carboxylic acids is 1. The summed E-state index contributed by atoms with van der Waals surface area (Å²) in [6.07, 6.45) is 2.60. The average Bonchev–Trinajstić information content (AvgIpc) is 3.18. The van der Waals surface area contributed by atoms with E-state index < -0.39 is 17.8 Å². The summed E-state index contributed by atoms with van der Waals surface area (Å²) in [6.45, 7) is 0. The molecule has 0 amide bonds. The number of carboxylic acids is 1. The number of hydrogen-bond acceptors (Lipinski definition) is 3. The van der Waals surface area contributed by atoms with Gasteiger partial charge in [0.2, 0.25) is 5.91 Å². The Kier molecular flexibility index (Phi) is 3.13. The average molecular weight is 364 g/mol. The molecule has 3 heterocycles. The molecule has 22 heavy (non-hydrogen) atoms. The maximum absolute atomic E-state index is 12.9.